The minimum absolute atomic E-state index is 0.186. The molecule has 0 bridgehead atoms. The number of nitrogens with one attached hydrogen (secondary N) is 1. The Morgan fingerprint density at radius 2 is 1.78 bits per heavy atom. The number of urea groups is 1. The standard InChI is InChI=1S/C24H22FN3O3S/c1-16-12-14-32-21(16)11-13-27-20(15-22(29)26-18-9-7-17(25)8-10-18)23(30)28(24(27)31)19-5-3-2-4-6-19/h2-10,12,14,20H,11,13,15H2,1H3,(H,26,29)/t20-/m1/s1. The zero-order valence-electron chi connectivity index (χ0n) is 17.5. The molecule has 32 heavy (non-hydrogen) atoms. The lowest BCUT2D eigenvalue weighted by Gasteiger charge is -2.21. The van der Waals surface area contributed by atoms with Crippen molar-refractivity contribution in [2.24, 2.45) is 0 Å². The van der Waals surface area contributed by atoms with Crippen LogP contribution in [0.5, 0.6) is 0 Å². The first-order valence-corrected chi connectivity index (χ1v) is 11.1. The molecule has 164 valence electrons. The molecule has 0 spiro atoms. The molecule has 2 heterocycles. The molecule has 0 saturated carbocycles. The number of hydrogen-bond donors (Lipinski definition) is 1. The van der Waals surface area contributed by atoms with E-state index in [4.69, 9.17) is 0 Å². The van der Waals surface area contributed by atoms with Gasteiger partial charge in [0, 0.05) is 17.1 Å². The summed E-state index contributed by atoms with van der Waals surface area (Å²) in [5.41, 5.74) is 2.04. The van der Waals surface area contributed by atoms with Crippen molar-refractivity contribution < 1.29 is 18.8 Å². The molecule has 1 aromatic heterocycles. The number of benzene rings is 2. The predicted octanol–water partition coefficient (Wildman–Crippen LogP) is 4.60. The van der Waals surface area contributed by atoms with Crippen molar-refractivity contribution >= 4 is 40.6 Å². The van der Waals surface area contributed by atoms with Crippen LogP contribution in [0.25, 0.3) is 0 Å². The van der Waals surface area contributed by atoms with Gasteiger partial charge in [0.05, 0.1) is 12.1 Å². The van der Waals surface area contributed by atoms with Crippen LogP contribution in [0, 0.1) is 12.7 Å². The van der Waals surface area contributed by atoms with Crippen molar-refractivity contribution in [1.82, 2.24) is 4.90 Å². The Bertz CT molecular complexity index is 1130. The van der Waals surface area contributed by atoms with Crippen molar-refractivity contribution in [3.8, 4) is 0 Å². The van der Waals surface area contributed by atoms with Crippen LogP contribution in [0.1, 0.15) is 16.9 Å². The van der Waals surface area contributed by atoms with Crippen LogP contribution in [0.15, 0.2) is 66.0 Å². The molecule has 4 amide bonds. The maximum absolute atomic E-state index is 13.2. The van der Waals surface area contributed by atoms with Crippen LogP contribution in [0.2, 0.25) is 0 Å². The van der Waals surface area contributed by atoms with E-state index in [9.17, 15) is 18.8 Å². The quantitative estimate of drug-likeness (QED) is 0.534. The second kappa shape index (κ2) is 9.32. The molecule has 0 radical (unpaired) electrons. The maximum atomic E-state index is 13.2. The Hall–Kier alpha value is -3.52. The average Bonchev–Trinajstić information content (AvgIpc) is 3.29. The van der Waals surface area contributed by atoms with Crippen LogP contribution >= 0.6 is 11.3 Å². The van der Waals surface area contributed by atoms with E-state index < -0.39 is 29.7 Å². The minimum Gasteiger partial charge on any atom is -0.326 e. The summed E-state index contributed by atoms with van der Waals surface area (Å²) in [6.45, 7) is 2.33. The van der Waals surface area contributed by atoms with E-state index >= 15 is 0 Å². The zero-order chi connectivity index (χ0) is 22.7. The fourth-order valence-corrected chi connectivity index (χ4v) is 4.60. The van der Waals surface area contributed by atoms with Gasteiger partial charge < -0.3 is 10.2 Å². The van der Waals surface area contributed by atoms with E-state index in [0.29, 0.717) is 24.3 Å². The molecule has 0 unspecified atom stereocenters. The van der Waals surface area contributed by atoms with Gasteiger partial charge in [-0.2, -0.15) is 0 Å². The van der Waals surface area contributed by atoms with Crippen LogP contribution < -0.4 is 10.2 Å². The molecule has 1 fully saturated rings. The Labute approximate surface area is 189 Å². The van der Waals surface area contributed by atoms with Gasteiger partial charge in [-0.25, -0.2) is 14.1 Å². The number of carbonyl (C=O) groups is 3. The normalized spacial score (nSPS) is 16.0. The number of hydrogen-bond acceptors (Lipinski definition) is 4. The second-order valence-corrected chi connectivity index (χ2v) is 8.54. The molecule has 3 aromatic rings. The monoisotopic (exact) mass is 451 g/mol. The van der Waals surface area contributed by atoms with Crippen LogP contribution in [0.4, 0.5) is 20.6 Å². The third-order valence-corrected chi connectivity index (χ3v) is 6.47. The highest BCUT2D eigenvalue weighted by atomic mass is 32.1. The number of para-hydroxylation sites is 1. The summed E-state index contributed by atoms with van der Waals surface area (Å²) in [7, 11) is 0. The Kier molecular flexibility index (Phi) is 6.32. The molecular formula is C24H22FN3O3S. The minimum atomic E-state index is -0.913. The van der Waals surface area contributed by atoms with Crippen LogP contribution in [-0.2, 0) is 16.0 Å². The van der Waals surface area contributed by atoms with Gasteiger partial charge in [-0.15, -0.1) is 11.3 Å². The topological polar surface area (TPSA) is 69.7 Å². The van der Waals surface area contributed by atoms with Crippen LogP contribution in [-0.4, -0.2) is 35.3 Å². The molecule has 1 aliphatic rings. The summed E-state index contributed by atoms with van der Waals surface area (Å²) in [6, 6.07) is 14.7. The van der Waals surface area contributed by atoms with Gasteiger partial charge in [0.2, 0.25) is 5.91 Å². The number of amides is 4. The molecule has 1 aliphatic heterocycles. The lowest BCUT2D eigenvalue weighted by Crippen LogP contribution is -2.39. The van der Waals surface area contributed by atoms with E-state index in [1.54, 1.807) is 41.7 Å². The van der Waals surface area contributed by atoms with Gasteiger partial charge in [-0.1, -0.05) is 18.2 Å². The highest BCUT2D eigenvalue weighted by Gasteiger charge is 2.46. The number of thiophene rings is 1. The summed E-state index contributed by atoms with van der Waals surface area (Å²) in [4.78, 5) is 42.8. The van der Waals surface area contributed by atoms with Crippen molar-refractivity contribution in [2.75, 3.05) is 16.8 Å². The summed E-state index contributed by atoms with van der Waals surface area (Å²) < 4.78 is 13.1. The molecule has 2 aromatic carbocycles. The number of anilines is 2. The van der Waals surface area contributed by atoms with Gasteiger partial charge in [0.1, 0.15) is 11.9 Å². The Morgan fingerprint density at radius 1 is 1.06 bits per heavy atom. The van der Waals surface area contributed by atoms with E-state index in [-0.39, 0.29) is 6.42 Å². The van der Waals surface area contributed by atoms with Crippen molar-refractivity contribution in [2.45, 2.75) is 25.8 Å². The van der Waals surface area contributed by atoms with E-state index in [0.717, 1.165) is 15.3 Å². The first-order valence-electron chi connectivity index (χ1n) is 10.2. The largest absolute Gasteiger partial charge is 0.332 e. The average molecular weight is 452 g/mol. The predicted molar refractivity (Wildman–Crippen MR) is 122 cm³/mol. The SMILES string of the molecule is Cc1ccsc1CCN1C(=O)N(c2ccccc2)C(=O)[C@H]1CC(=O)Nc1ccc(F)cc1. The lowest BCUT2D eigenvalue weighted by molar-refractivity contribution is -0.124. The van der Waals surface area contributed by atoms with Gasteiger partial charge in [0.25, 0.3) is 5.91 Å². The summed E-state index contributed by atoms with van der Waals surface area (Å²) >= 11 is 1.60. The number of nitrogens with zero attached hydrogens (tertiary/aromatic N) is 2. The summed E-state index contributed by atoms with van der Waals surface area (Å²) in [5.74, 6) is -1.26. The van der Waals surface area contributed by atoms with Gasteiger partial charge in [-0.05, 0) is 66.8 Å². The third kappa shape index (κ3) is 4.55. The van der Waals surface area contributed by atoms with Crippen molar-refractivity contribution in [3.63, 3.8) is 0 Å². The van der Waals surface area contributed by atoms with E-state index in [1.165, 1.54) is 29.2 Å². The fourth-order valence-electron chi connectivity index (χ4n) is 3.71. The number of halogens is 1. The highest BCUT2D eigenvalue weighted by molar-refractivity contribution is 7.10. The zero-order valence-corrected chi connectivity index (χ0v) is 18.3. The smallest absolute Gasteiger partial charge is 0.326 e. The molecular weight excluding hydrogens is 429 g/mol. The van der Waals surface area contributed by atoms with Gasteiger partial charge in [-0.3, -0.25) is 9.59 Å². The van der Waals surface area contributed by atoms with E-state index in [2.05, 4.69) is 5.32 Å². The summed E-state index contributed by atoms with van der Waals surface area (Å²) in [5, 5.41) is 4.66. The molecule has 8 heteroatoms. The van der Waals surface area contributed by atoms with Gasteiger partial charge in [0.15, 0.2) is 0 Å². The third-order valence-electron chi connectivity index (χ3n) is 5.39. The number of rotatable bonds is 7. The lowest BCUT2D eigenvalue weighted by atomic mass is 10.1. The van der Waals surface area contributed by atoms with E-state index in [1.807, 2.05) is 18.4 Å². The highest BCUT2D eigenvalue weighted by Crippen LogP contribution is 2.28. The first-order chi connectivity index (χ1) is 15.4. The second-order valence-electron chi connectivity index (χ2n) is 7.54. The molecule has 6 nitrogen and oxygen atoms in total. The Morgan fingerprint density at radius 3 is 2.44 bits per heavy atom. The number of aryl methyl sites for hydroxylation is 1. The van der Waals surface area contributed by atoms with Gasteiger partial charge >= 0.3 is 6.03 Å². The maximum Gasteiger partial charge on any atom is 0.332 e. The molecule has 1 saturated heterocycles. The molecule has 4 rings (SSSR count). The van der Waals surface area contributed by atoms with Crippen molar-refractivity contribution in [3.05, 3.63) is 82.3 Å². The van der Waals surface area contributed by atoms with Crippen LogP contribution in [0.3, 0.4) is 0 Å². The number of carbonyl (C=O) groups excluding carboxylic acids is 3. The molecule has 1 atom stereocenters. The first kappa shape index (κ1) is 21.7. The molecule has 0 aliphatic carbocycles. The molecule has 1 N–H and O–H groups in total. The summed E-state index contributed by atoms with van der Waals surface area (Å²) in [6.07, 6.45) is 0.413. The Balaban J connectivity index is 1.54. The van der Waals surface area contributed by atoms with Crippen molar-refractivity contribution in [1.29, 1.82) is 0 Å². The number of imide groups is 1. The fraction of sp³-hybridized carbons (Fsp3) is 0.208.